The Labute approximate surface area is 121 Å². The molecule has 0 radical (unpaired) electrons. The van der Waals surface area contributed by atoms with E-state index < -0.39 is 0 Å². The van der Waals surface area contributed by atoms with Crippen molar-refractivity contribution in [2.24, 2.45) is 5.92 Å². The summed E-state index contributed by atoms with van der Waals surface area (Å²) in [5.74, 6) is 1.18. The number of hydrogen-bond donors (Lipinski definition) is 0. The van der Waals surface area contributed by atoms with Crippen molar-refractivity contribution in [1.82, 2.24) is 0 Å². The molecule has 19 heavy (non-hydrogen) atoms. The first-order valence-electron chi connectivity index (χ1n) is 6.99. The van der Waals surface area contributed by atoms with Gasteiger partial charge in [0.25, 0.3) is 0 Å². The summed E-state index contributed by atoms with van der Waals surface area (Å²) >= 11 is 6.31. The fourth-order valence-electron chi connectivity index (χ4n) is 1.81. The maximum atomic E-state index is 11.6. The number of carbonyl (C=O) groups is 1. The topological polar surface area (TPSA) is 26.3 Å². The van der Waals surface area contributed by atoms with Crippen LogP contribution in [0.1, 0.15) is 45.6 Å². The Morgan fingerprint density at radius 1 is 1.37 bits per heavy atom. The molecular formula is C16H23ClO2. The smallest absolute Gasteiger partial charge is 0.138 e. The minimum Gasteiger partial charge on any atom is -0.492 e. The van der Waals surface area contributed by atoms with Gasteiger partial charge in [-0.05, 0) is 30.9 Å². The molecule has 0 saturated heterocycles. The van der Waals surface area contributed by atoms with Crippen molar-refractivity contribution in [3.05, 3.63) is 28.8 Å². The normalized spacial score (nSPS) is 10.8. The van der Waals surface area contributed by atoms with Gasteiger partial charge >= 0.3 is 0 Å². The minimum atomic E-state index is 0.120. The van der Waals surface area contributed by atoms with Crippen LogP contribution in [-0.4, -0.2) is 12.4 Å². The molecule has 0 N–H and O–H groups in total. The molecule has 0 atom stereocenters. The summed E-state index contributed by atoms with van der Waals surface area (Å²) in [7, 11) is 0. The second kappa shape index (κ2) is 8.21. The zero-order chi connectivity index (χ0) is 14.3. The highest BCUT2D eigenvalue weighted by Crippen LogP contribution is 2.29. The molecule has 0 amide bonds. The van der Waals surface area contributed by atoms with Crippen molar-refractivity contribution in [3.8, 4) is 5.75 Å². The summed E-state index contributed by atoms with van der Waals surface area (Å²) in [6, 6.07) is 5.85. The van der Waals surface area contributed by atoms with E-state index in [9.17, 15) is 4.79 Å². The van der Waals surface area contributed by atoms with E-state index in [1.165, 1.54) is 0 Å². The zero-order valence-corrected chi connectivity index (χ0v) is 12.8. The zero-order valence-electron chi connectivity index (χ0n) is 12.0. The van der Waals surface area contributed by atoms with E-state index in [4.69, 9.17) is 16.3 Å². The molecule has 2 nitrogen and oxygen atoms in total. The first-order chi connectivity index (χ1) is 9.06. The molecule has 0 bridgehead atoms. The number of benzene rings is 1. The number of ether oxygens (including phenoxy) is 1. The average molecular weight is 283 g/mol. The molecule has 0 aromatic heterocycles. The molecule has 0 aliphatic carbocycles. The van der Waals surface area contributed by atoms with Gasteiger partial charge < -0.3 is 4.74 Å². The van der Waals surface area contributed by atoms with Crippen molar-refractivity contribution in [2.45, 2.75) is 46.5 Å². The molecule has 0 saturated carbocycles. The summed E-state index contributed by atoms with van der Waals surface area (Å²) in [6.07, 6.45) is 3.24. The highest BCUT2D eigenvalue weighted by Gasteiger charge is 2.10. The fraction of sp³-hybridized carbons (Fsp3) is 0.562. The third-order valence-electron chi connectivity index (χ3n) is 3.02. The molecule has 1 aromatic rings. The Morgan fingerprint density at radius 2 is 2.11 bits per heavy atom. The van der Waals surface area contributed by atoms with E-state index in [2.05, 4.69) is 6.92 Å². The summed E-state index contributed by atoms with van der Waals surface area (Å²) < 4.78 is 5.59. The lowest BCUT2D eigenvalue weighted by Crippen LogP contribution is -2.07. The van der Waals surface area contributed by atoms with Crippen molar-refractivity contribution < 1.29 is 9.53 Å². The third-order valence-corrected chi connectivity index (χ3v) is 3.45. The highest BCUT2D eigenvalue weighted by molar-refractivity contribution is 6.32. The molecule has 1 rings (SSSR count). The van der Waals surface area contributed by atoms with E-state index in [1.54, 1.807) is 0 Å². The Balaban J connectivity index is 2.56. The second-order valence-corrected chi connectivity index (χ2v) is 5.43. The molecule has 0 aliphatic rings. The van der Waals surface area contributed by atoms with Crippen LogP contribution in [0.25, 0.3) is 0 Å². The molecule has 3 heteroatoms. The van der Waals surface area contributed by atoms with Gasteiger partial charge in [-0.15, -0.1) is 0 Å². The average Bonchev–Trinajstić information content (AvgIpc) is 2.39. The van der Waals surface area contributed by atoms with E-state index in [0.717, 1.165) is 30.6 Å². The summed E-state index contributed by atoms with van der Waals surface area (Å²) in [4.78, 5) is 11.6. The number of hydrogen-bond acceptors (Lipinski definition) is 2. The maximum absolute atomic E-state index is 11.6. The van der Waals surface area contributed by atoms with Crippen LogP contribution in [0.2, 0.25) is 5.02 Å². The standard InChI is InChI=1S/C16H23ClO2/c1-4-11-19-15-10-6-8-13(16(15)17)7-5-9-14(18)12(2)3/h6,8,10,12H,4-5,7,9,11H2,1-3H3. The van der Waals surface area contributed by atoms with Crippen LogP contribution in [-0.2, 0) is 11.2 Å². The molecule has 106 valence electrons. The molecule has 1 aromatic carbocycles. The summed E-state index contributed by atoms with van der Waals surface area (Å²) in [5, 5.41) is 0.688. The SMILES string of the molecule is CCCOc1cccc(CCCC(=O)C(C)C)c1Cl. The Morgan fingerprint density at radius 3 is 2.74 bits per heavy atom. The molecule has 0 unspecified atom stereocenters. The first-order valence-corrected chi connectivity index (χ1v) is 7.37. The maximum Gasteiger partial charge on any atom is 0.138 e. The van der Waals surface area contributed by atoms with Crippen LogP contribution in [0.4, 0.5) is 0 Å². The van der Waals surface area contributed by atoms with Crippen LogP contribution in [0.3, 0.4) is 0 Å². The van der Waals surface area contributed by atoms with Crippen molar-refractivity contribution in [1.29, 1.82) is 0 Å². The molecule has 0 fully saturated rings. The van der Waals surface area contributed by atoms with Gasteiger partial charge in [-0.1, -0.05) is 44.5 Å². The second-order valence-electron chi connectivity index (χ2n) is 5.05. The summed E-state index contributed by atoms with van der Waals surface area (Å²) in [6.45, 7) is 6.62. The van der Waals surface area contributed by atoms with Crippen LogP contribution < -0.4 is 4.74 Å². The first kappa shape index (κ1) is 16.0. The van der Waals surface area contributed by atoms with E-state index in [1.807, 2.05) is 32.0 Å². The minimum absolute atomic E-state index is 0.120. The van der Waals surface area contributed by atoms with Crippen molar-refractivity contribution in [2.75, 3.05) is 6.61 Å². The number of carbonyl (C=O) groups excluding carboxylic acids is 1. The number of Topliss-reactive ketones (excluding diaryl/α,β-unsaturated/α-hetero) is 1. The van der Waals surface area contributed by atoms with Gasteiger partial charge in [-0.25, -0.2) is 0 Å². The largest absolute Gasteiger partial charge is 0.492 e. The van der Waals surface area contributed by atoms with Gasteiger partial charge in [0, 0.05) is 12.3 Å². The molecule has 0 heterocycles. The van der Waals surface area contributed by atoms with Gasteiger partial charge in [-0.2, -0.15) is 0 Å². The Kier molecular flexibility index (Phi) is 6.93. The lowest BCUT2D eigenvalue weighted by molar-refractivity contribution is -0.121. The van der Waals surface area contributed by atoms with Crippen LogP contribution in [0, 0.1) is 5.92 Å². The predicted molar refractivity (Wildman–Crippen MR) is 80.0 cm³/mol. The van der Waals surface area contributed by atoms with Gasteiger partial charge in [0.15, 0.2) is 0 Å². The lowest BCUT2D eigenvalue weighted by atomic mass is 10.0. The summed E-state index contributed by atoms with van der Waals surface area (Å²) in [5.41, 5.74) is 1.06. The Hall–Kier alpha value is -1.02. The van der Waals surface area contributed by atoms with E-state index in [-0.39, 0.29) is 5.92 Å². The van der Waals surface area contributed by atoms with E-state index in [0.29, 0.717) is 23.8 Å². The molecule has 0 aliphatic heterocycles. The Bertz CT molecular complexity index is 413. The van der Waals surface area contributed by atoms with E-state index >= 15 is 0 Å². The quantitative estimate of drug-likeness (QED) is 0.692. The number of aryl methyl sites for hydroxylation is 1. The fourth-order valence-corrected chi connectivity index (χ4v) is 2.09. The highest BCUT2D eigenvalue weighted by atomic mass is 35.5. The van der Waals surface area contributed by atoms with Crippen LogP contribution >= 0.6 is 11.6 Å². The van der Waals surface area contributed by atoms with Gasteiger partial charge in [0.05, 0.1) is 11.6 Å². The van der Waals surface area contributed by atoms with Gasteiger partial charge in [0.1, 0.15) is 11.5 Å². The molecule has 0 spiro atoms. The van der Waals surface area contributed by atoms with Crippen molar-refractivity contribution in [3.63, 3.8) is 0 Å². The van der Waals surface area contributed by atoms with Gasteiger partial charge in [0.2, 0.25) is 0 Å². The monoisotopic (exact) mass is 282 g/mol. The third kappa shape index (κ3) is 5.23. The van der Waals surface area contributed by atoms with Gasteiger partial charge in [-0.3, -0.25) is 4.79 Å². The number of rotatable bonds is 8. The number of halogens is 1. The molecular weight excluding hydrogens is 260 g/mol. The predicted octanol–water partition coefficient (Wildman–Crippen LogP) is 4.68. The lowest BCUT2D eigenvalue weighted by Gasteiger charge is -2.11. The van der Waals surface area contributed by atoms with Crippen LogP contribution in [0.5, 0.6) is 5.75 Å². The number of ketones is 1. The van der Waals surface area contributed by atoms with Crippen LogP contribution in [0.15, 0.2) is 18.2 Å². The van der Waals surface area contributed by atoms with Crippen molar-refractivity contribution >= 4 is 17.4 Å².